The first-order valence-corrected chi connectivity index (χ1v) is 36.1. The Kier molecular flexibility index (Phi) is 13.1. The highest BCUT2D eigenvalue weighted by atomic mass is 28.5. The second kappa shape index (κ2) is 15.4. The number of carbonyl (C=O) groups excluding carboxylic acids is 2. The third-order valence-corrected chi connectivity index (χ3v) is 26.6. The molecule has 8 nitrogen and oxygen atoms in total. The highest BCUT2D eigenvalue weighted by molar-refractivity contribution is 6.88. The average molecular weight is 763 g/mol. The summed E-state index contributed by atoms with van der Waals surface area (Å²) in [4.78, 5) is 28.0. The number of nitrogens with one attached hydrogen (secondary N) is 2. The quantitative estimate of drug-likeness (QED) is 0.0978. The molecule has 2 N–H and O–H groups in total. The number of anilines is 2. The van der Waals surface area contributed by atoms with Gasteiger partial charge in [0, 0.05) is 35.6 Å². The van der Waals surface area contributed by atoms with Crippen LogP contribution in [0.15, 0.2) is 36.4 Å². The summed E-state index contributed by atoms with van der Waals surface area (Å²) < 4.78 is 26.8. The Morgan fingerprint density at radius 3 is 1.04 bits per heavy atom. The zero-order chi connectivity index (χ0) is 36.3. The van der Waals surface area contributed by atoms with Gasteiger partial charge in [-0.1, -0.05) is 24.3 Å². The highest BCUT2D eigenvalue weighted by Crippen LogP contribution is 2.37. The van der Waals surface area contributed by atoms with Gasteiger partial charge in [0.15, 0.2) is 44.8 Å². The predicted octanol–water partition coefficient (Wildman–Crippen LogP) is 9.62. The van der Waals surface area contributed by atoms with E-state index in [1.165, 1.54) is 0 Å². The SMILES string of the molecule is C[Si](C)(C)O[Si](C)(CCCNc1ccc(NCCC[Si](C)(O[Si](C)(C)C)O[Si](C)(C)C)c2c1C(=O)c1ccccc1C2=O)O[Si](C)(C)C. The van der Waals surface area contributed by atoms with Crippen molar-refractivity contribution >= 4 is 73.3 Å². The summed E-state index contributed by atoms with van der Waals surface area (Å²) in [6.07, 6.45) is 1.68. The molecule has 2 aromatic rings. The maximum Gasteiger partial charge on any atom is 0.314 e. The molecule has 268 valence electrons. The van der Waals surface area contributed by atoms with Crippen LogP contribution < -0.4 is 10.6 Å². The number of carbonyl (C=O) groups is 2. The van der Waals surface area contributed by atoms with E-state index in [1.54, 1.807) is 12.1 Å². The summed E-state index contributed by atoms with van der Waals surface area (Å²) >= 11 is 0. The van der Waals surface area contributed by atoms with Crippen LogP contribution in [0.2, 0.25) is 104 Å². The van der Waals surface area contributed by atoms with E-state index in [0.717, 1.165) is 24.9 Å². The molecule has 14 heteroatoms. The van der Waals surface area contributed by atoms with Crippen LogP contribution in [0, 0.1) is 0 Å². The van der Waals surface area contributed by atoms with Crippen LogP contribution in [-0.4, -0.2) is 75.0 Å². The van der Waals surface area contributed by atoms with Gasteiger partial charge in [-0.05, 0) is 129 Å². The van der Waals surface area contributed by atoms with Crippen molar-refractivity contribution in [3.8, 4) is 0 Å². The molecule has 0 aromatic heterocycles. The van der Waals surface area contributed by atoms with Gasteiger partial charge in [-0.15, -0.1) is 0 Å². The third kappa shape index (κ3) is 12.4. The van der Waals surface area contributed by atoms with Gasteiger partial charge in [0.1, 0.15) is 0 Å². The third-order valence-electron chi connectivity index (χ3n) is 7.41. The summed E-state index contributed by atoms with van der Waals surface area (Å²) in [7, 11) is -12.0. The Bertz CT molecular complexity index is 1320. The molecule has 0 bridgehead atoms. The lowest BCUT2D eigenvalue weighted by Crippen LogP contribution is -2.52. The topological polar surface area (TPSA) is 95.1 Å². The molecule has 0 saturated heterocycles. The Morgan fingerprint density at radius 2 is 0.771 bits per heavy atom. The lowest BCUT2D eigenvalue weighted by Gasteiger charge is -2.38. The van der Waals surface area contributed by atoms with Gasteiger partial charge >= 0.3 is 17.1 Å². The second-order valence-corrected chi connectivity index (χ2v) is 43.0. The largest absolute Gasteiger partial charge is 0.437 e. The molecule has 0 atom stereocenters. The zero-order valence-corrected chi connectivity index (χ0v) is 38.2. The molecule has 0 heterocycles. The van der Waals surface area contributed by atoms with Crippen molar-refractivity contribution in [3.63, 3.8) is 0 Å². The number of rotatable bonds is 18. The molecule has 0 fully saturated rings. The Hall–Kier alpha value is -1.48. The van der Waals surface area contributed by atoms with Crippen molar-refractivity contribution in [3.05, 3.63) is 58.7 Å². The van der Waals surface area contributed by atoms with Gasteiger partial charge in [0.05, 0.1) is 11.1 Å². The van der Waals surface area contributed by atoms with Crippen LogP contribution in [0.1, 0.15) is 44.7 Å². The number of fused-ring (bicyclic) bond motifs is 2. The van der Waals surface area contributed by atoms with E-state index >= 15 is 0 Å². The van der Waals surface area contributed by atoms with Gasteiger partial charge in [0.25, 0.3) is 0 Å². The summed E-state index contributed by atoms with van der Waals surface area (Å²) in [6, 6.07) is 12.7. The molecule has 3 rings (SSSR count). The van der Waals surface area contributed by atoms with Crippen LogP contribution in [0.4, 0.5) is 11.4 Å². The minimum atomic E-state index is -2.39. The van der Waals surface area contributed by atoms with E-state index in [9.17, 15) is 9.59 Å². The summed E-state index contributed by atoms with van der Waals surface area (Å²) in [5.41, 5.74) is 3.19. The molecular formula is C34H62N2O6Si6. The van der Waals surface area contributed by atoms with Gasteiger partial charge in [-0.3, -0.25) is 9.59 Å². The number of hydrogen-bond donors (Lipinski definition) is 2. The Labute approximate surface area is 297 Å². The first-order valence-electron chi connectivity index (χ1n) is 17.4. The summed E-state index contributed by atoms with van der Waals surface area (Å²) in [5.74, 6) is -0.247. The number of hydrogen-bond acceptors (Lipinski definition) is 8. The van der Waals surface area contributed by atoms with Crippen LogP contribution in [0.25, 0.3) is 0 Å². The van der Waals surface area contributed by atoms with Gasteiger partial charge in [-0.2, -0.15) is 0 Å². The standard InChI is InChI=1S/C34H62N2O6Si6/c1-43(2,3)39-47(13,40-44(4,5)6)25-17-23-35-29-21-22-30(32-31(29)33(37)27-19-15-16-20-28(27)34(32)38)36-24-18-26-48(14,41-45(7,8)9)42-46(10,11)12/h15-16,19-22,35-36H,17-18,23-26H2,1-14H3. The maximum atomic E-state index is 14.0. The molecule has 0 amide bonds. The zero-order valence-electron chi connectivity index (χ0n) is 32.2. The lowest BCUT2D eigenvalue weighted by molar-refractivity contribution is 0.0980. The summed E-state index contributed by atoms with van der Waals surface area (Å²) in [5, 5.41) is 7.05. The fourth-order valence-corrected chi connectivity index (χ4v) is 31.7. The normalized spacial score (nSPS) is 14.5. The van der Waals surface area contributed by atoms with E-state index in [-0.39, 0.29) is 11.6 Å². The smallest absolute Gasteiger partial charge is 0.314 e. The minimum absolute atomic E-state index is 0.123. The van der Waals surface area contributed by atoms with E-state index in [2.05, 4.69) is 102 Å². The second-order valence-electron chi connectivity index (χ2n) is 17.3. The Morgan fingerprint density at radius 1 is 0.479 bits per heavy atom. The lowest BCUT2D eigenvalue weighted by atomic mass is 9.82. The van der Waals surface area contributed by atoms with Gasteiger partial charge < -0.3 is 27.1 Å². The molecular weight excluding hydrogens is 701 g/mol. The molecule has 0 unspecified atom stereocenters. The van der Waals surface area contributed by atoms with Crippen molar-refractivity contribution in [2.24, 2.45) is 0 Å². The fraction of sp³-hybridized carbons (Fsp3) is 0.588. The molecule has 0 spiro atoms. The van der Waals surface area contributed by atoms with Gasteiger partial charge in [0.2, 0.25) is 0 Å². The van der Waals surface area contributed by atoms with E-state index in [4.69, 9.17) is 16.5 Å². The van der Waals surface area contributed by atoms with Crippen LogP contribution in [-0.2, 0) is 16.5 Å². The van der Waals surface area contributed by atoms with Crippen LogP contribution >= 0.6 is 0 Å². The maximum absolute atomic E-state index is 14.0. The molecule has 2 aromatic carbocycles. The molecule has 48 heavy (non-hydrogen) atoms. The van der Waals surface area contributed by atoms with E-state index in [0.29, 0.717) is 46.7 Å². The average Bonchev–Trinajstić information content (AvgIpc) is 2.88. The summed E-state index contributed by atoms with van der Waals surface area (Å²) in [6.45, 7) is 32.3. The van der Waals surface area contributed by atoms with E-state index in [1.807, 2.05) is 24.3 Å². The fourth-order valence-electron chi connectivity index (χ4n) is 6.62. The molecule has 0 saturated carbocycles. The molecule has 1 aliphatic rings. The van der Waals surface area contributed by atoms with Crippen molar-refractivity contribution in [2.45, 2.75) is 117 Å². The predicted molar refractivity (Wildman–Crippen MR) is 217 cm³/mol. The molecule has 1 aliphatic carbocycles. The number of benzene rings is 2. The molecule has 0 aliphatic heterocycles. The van der Waals surface area contributed by atoms with E-state index < -0.39 is 50.4 Å². The van der Waals surface area contributed by atoms with Crippen LogP contribution in [0.3, 0.4) is 0 Å². The Balaban J connectivity index is 1.83. The van der Waals surface area contributed by atoms with Crippen LogP contribution in [0.5, 0.6) is 0 Å². The monoisotopic (exact) mass is 762 g/mol. The first kappa shape index (κ1) is 40.9. The highest BCUT2D eigenvalue weighted by Gasteiger charge is 2.41. The molecule has 0 radical (unpaired) electrons. The van der Waals surface area contributed by atoms with Crippen molar-refractivity contribution < 1.29 is 26.0 Å². The van der Waals surface area contributed by atoms with Gasteiger partial charge in [-0.25, -0.2) is 0 Å². The van der Waals surface area contributed by atoms with Crippen molar-refractivity contribution in [2.75, 3.05) is 23.7 Å². The first-order chi connectivity index (χ1) is 21.8. The van der Waals surface area contributed by atoms with Crippen molar-refractivity contribution in [1.82, 2.24) is 0 Å². The number of ketones is 2. The minimum Gasteiger partial charge on any atom is -0.437 e. The van der Waals surface area contributed by atoms with Crippen molar-refractivity contribution in [1.29, 1.82) is 0 Å².